The number of hydrogen-bond donors (Lipinski definition) is 0. The Balaban J connectivity index is 2.05. The minimum absolute atomic E-state index is 0.0271. The quantitative estimate of drug-likeness (QED) is 0.755. The SMILES string of the molecule is N#CCCN(CCN1CCOCC1)C(=O)c1cc(Br)ccc1F. The summed E-state index contributed by atoms with van der Waals surface area (Å²) in [5.41, 5.74) is 0.0271. The second kappa shape index (κ2) is 8.96. The van der Waals surface area contributed by atoms with Crippen molar-refractivity contribution in [2.24, 2.45) is 0 Å². The van der Waals surface area contributed by atoms with E-state index in [9.17, 15) is 9.18 Å². The average molecular weight is 384 g/mol. The van der Waals surface area contributed by atoms with Gasteiger partial charge in [-0.1, -0.05) is 15.9 Å². The van der Waals surface area contributed by atoms with Crippen LogP contribution in [0.2, 0.25) is 0 Å². The summed E-state index contributed by atoms with van der Waals surface area (Å²) in [5, 5.41) is 8.79. The van der Waals surface area contributed by atoms with Crippen LogP contribution in [0, 0.1) is 17.1 Å². The van der Waals surface area contributed by atoms with Crippen LogP contribution in [0.4, 0.5) is 4.39 Å². The van der Waals surface area contributed by atoms with Gasteiger partial charge >= 0.3 is 0 Å². The molecule has 5 nitrogen and oxygen atoms in total. The van der Waals surface area contributed by atoms with E-state index >= 15 is 0 Å². The Morgan fingerprint density at radius 2 is 2.13 bits per heavy atom. The van der Waals surface area contributed by atoms with Crippen LogP contribution in [-0.2, 0) is 4.74 Å². The highest BCUT2D eigenvalue weighted by molar-refractivity contribution is 9.10. The summed E-state index contributed by atoms with van der Waals surface area (Å²) >= 11 is 3.26. The Hall–Kier alpha value is -1.49. The molecule has 0 radical (unpaired) electrons. The van der Waals surface area contributed by atoms with Crippen LogP contribution in [0.3, 0.4) is 0 Å². The number of carbonyl (C=O) groups excluding carboxylic acids is 1. The molecule has 0 aliphatic carbocycles. The van der Waals surface area contributed by atoms with Crippen molar-refractivity contribution in [1.82, 2.24) is 9.80 Å². The molecule has 23 heavy (non-hydrogen) atoms. The average Bonchev–Trinajstić information content (AvgIpc) is 2.57. The number of hydrogen-bond acceptors (Lipinski definition) is 4. The zero-order valence-corrected chi connectivity index (χ0v) is 14.4. The van der Waals surface area contributed by atoms with E-state index < -0.39 is 5.82 Å². The van der Waals surface area contributed by atoms with Gasteiger partial charge in [0.15, 0.2) is 0 Å². The lowest BCUT2D eigenvalue weighted by Crippen LogP contribution is -2.43. The molecule has 1 aromatic carbocycles. The van der Waals surface area contributed by atoms with Gasteiger partial charge in [0.05, 0.1) is 31.3 Å². The van der Waals surface area contributed by atoms with Crippen molar-refractivity contribution in [3.05, 3.63) is 34.1 Å². The molecule has 0 saturated carbocycles. The van der Waals surface area contributed by atoms with Gasteiger partial charge < -0.3 is 9.64 Å². The zero-order chi connectivity index (χ0) is 16.7. The Morgan fingerprint density at radius 3 is 2.83 bits per heavy atom. The van der Waals surface area contributed by atoms with Crippen LogP contribution in [0.15, 0.2) is 22.7 Å². The predicted octanol–water partition coefficient (Wildman–Crippen LogP) is 2.28. The van der Waals surface area contributed by atoms with E-state index in [-0.39, 0.29) is 17.9 Å². The Kier molecular flexibility index (Phi) is 6.96. The molecule has 0 bridgehead atoms. The van der Waals surface area contributed by atoms with Crippen molar-refractivity contribution in [1.29, 1.82) is 5.26 Å². The Bertz CT molecular complexity index is 585. The van der Waals surface area contributed by atoms with Crippen LogP contribution in [0.25, 0.3) is 0 Å². The maximum Gasteiger partial charge on any atom is 0.256 e. The Morgan fingerprint density at radius 1 is 1.39 bits per heavy atom. The van der Waals surface area contributed by atoms with E-state index in [0.29, 0.717) is 37.3 Å². The standard InChI is InChI=1S/C16H19BrFN3O2/c17-13-2-3-15(18)14(12-13)16(22)21(5-1-4-19)7-6-20-8-10-23-11-9-20/h2-3,12H,1,5-11H2. The summed E-state index contributed by atoms with van der Waals surface area (Å²) < 4.78 is 19.9. The maximum absolute atomic E-state index is 13.9. The highest BCUT2D eigenvalue weighted by Gasteiger charge is 2.20. The normalized spacial score (nSPS) is 15.2. The third kappa shape index (κ3) is 5.27. The fraction of sp³-hybridized carbons (Fsp3) is 0.500. The molecule has 1 aromatic rings. The molecule has 0 unspecified atom stereocenters. The summed E-state index contributed by atoms with van der Waals surface area (Å²) in [4.78, 5) is 16.4. The number of morpholine rings is 1. The molecule has 0 N–H and O–H groups in total. The second-order valence-corrected chi connectivity index (χ2v) is 6.19. The number of benzene rings is 1. The number of nitrogens with zero attached hydrogens (tertiary/aromatic N) is 3. The molecular weight excluding hydrogens is 365 g/mol. The largest absolute Gasteiger partial charge is 0.379 e. The fourth-order valence-corrected chi connectivity index (χ4v) is 2.78. The molecule has 1 fully saturated rings. The van der Waals surface area contributed by atoms with Gasteiger partial charge in [-0.2, -0.15) is 5.26 Å². The predicted molar refractivity (Wildman–Crippen MR) is 87.5 cm³/mol. The van der Waals surface area contributed by atoms with E-state index in [4.69, 9.17) is 10.00 Å². The molecule has 1 aliphatic rings. The third-order valence-electron chi connectivity index (χ3n) is 3.73. The molecule has 1 heterocycles. The summed E-state index contributed by atoms with van der Waals surface area (Å²) in [6, 6.07) is 6.34. The van der Waals surface area contributed by atoms with Gasteiger partial charge in [-0.15, -0.1) is 0 Å². The van der Waals surface area contributed by atoms with Crippen molar-refractivity contribution in [3.63, 3.8) is 0 Å². The number of halogens is 2. The first-order valence-electron chi connectivity index (χ1n) is 7.53. The van der Waals surface area contributed by atoms with Crippen LogP contribution in [-0.4, -0.2) is 61.6 Å². The van der Waals surface area contributed by atoms with Crippen LogP contribution in [0.5, 0.6) is 0 Å². The Labute approximate surface area is 143 Å². The monoisotopic (exact) mass is 383 g/mol. The maximum atomic E-state index is 13.9. The van der Waals surface area contributed by atoms with E-state index in [1.165, 1.54) is 12.1 Å². The topological polar surface area (TPSA) is 56.6 Å². The van der Waals surface area contributed by atoms with Gasteiger partial charge in [-0.25, -0.2) is 4.39 Å². The number of nitriles is 1. The molecule has 0 aromatic heterocycles. The summed E-state index contributed by atoms with van der Waals surface area (Å²) in [6.45, 7) is 4.48. The zero-order valence-electron chi connectivity index (χ0n) is 12.8. The highest BCUT2D eigenvalue weighted by Crippen LogP contribution is 2.17. The first-order valence-corrected chi connectivity index (χ1v) is 8.32. The smallest absolute Gasteiger partial charge is 0.256 e. The third-order valence-corrected chi connectivity index (χ3v) is 4.22. The lowest BCUT2D eigenvalue weighted by molar-refractivity contribution is 0.0325. The summed E-state index contributed by atoms with van der Waals surface area (Å²) in [7, 11) is 0. The lowest BCUT2D eigenvalue weighted by Gasteiger charge is -2.30. The van der Waals surface area contributed by atoms with Gasteiger partial charge in [0.1, 0.15) is 5.82 Å². The fourth-order valence-electron chi connectivity index (χ4n) is 2.42. The van der Waals surface area contributed by atoms with Crippen LogP contribution in [0.1, 0.15) is 16.8 Å². The van der Waals surface area contributed by atoms with Gasteiger partial charge in [0, 0.05) is 37.2 Å². The van der Waals surface area contributed by atoms with E-state index in [0.717, 1.165) is 13.1 Å². The van der Waals surface area contributed by atoms with Gasteiger partial charge in [-0.05, 0) is 18.2 Å². The second-order valence-electron chi connectivity index (χ2n) is 5.28. The number of amides is 1. The first kappa shape index (κ1) is 17.9. The van der Waals surface area contributed by atoms with Crippen molar-refractivity contribution >= 4 is 21.8 Å². The first-order chi connectivity index (χ1) is 11.1. The molecule has 2 rings (SSSR count). The molecule has 0 atom stereocenters. The van der Waals surface area contributed by atoms with Crippen LogP contribution >= 0.6 is 15.9 Å². The summed E-state index contributed by atoms with van der Waals surface area (Å²) in [6.07, 6.45) is 0.227. The molecule has 1 saturated heterocycles. The van der Waals surface area contributed by atoms with Crippen molar-refractivity contribution < 1.29 is 13.9 Å². The van der Waals surface area contributed by atoms with Gasteiger partial charge in [0.25, 0.3) is 5.91 Å². The van der Waals surface area contributed by atoms with Gasteiger partial charge in [0.2, 0.25) is 0 Å². The minimum atomic E-state index is -0.550. The number of rotatable bonds is 6. The number of carbonyl (C=O) groups is 1. The van der Waals surface area contributed by atoms with Crippen LogP contribution < -0.4 is 0 Å². The molecule has 0 spiro atoms. The number of ether oxygens (including phenoxy) is 1. The minimum Gasteiger partial charge on any atom is -0.379 e. The highest BCUT2D eigenvalue weighted by atomic mass is 79.9. The molecule has 124 valence electrons. The van der Waals surface area contributed by atoms with Gasteiger partial charge in [-0.3, -0.25) is 9.69 Å². The van der Waals surface area contributed by atoms with Crippen molar-refractivity contribution in [3.8, 4) is 6.07 Å². The molecular formula is C16H19BrFN3O2. The molecule has 1 amide bonds. The lowest BCUT2D eigenvalue weighted by atomic mass is 10.1. The summed E-state index contributed by atoms with van der Waals surface area (Å²) in [5.74, 6) is -0.932. The van der Waals surface area contributed by atoms with E-state index in [2.05, 4.69) is 20.8 Å². The van der Waals surface area contributed by atoms with E-state index in [1.807, 2.05) is 6.07 Å². The van der Waals surface area contributed by atoms with Crippen molar-refractivity contribution in [2.75, 3.05) is 45.9 Å². The molecule has 1 aliphatic heterocycles. The molecule has 7 heteroatoms. The van der Waals surface area contributed by atoms with Crippen molar-refractivity contribution in [2.45, 2.75) is 6.42 Å². The van der Waals surface area contributed by atoms with E-state index in [1.54, 1.807) is 11.0 Å².